The minimum atomic E-state index is -1.36. The van der Waals surface area contributed by atoms with Crippen LogP contribution < -0.4 is 31.9 Å². The van der Waals surface area contributed by atoms with E-state index >= 15 is 4.39 Å². The normalized spacial score (nSPS) is 24.7. The van der Waals surface area contributed by atoms with Gasteiger partial charge in [-0.3, -0.25) is 44.3 Å². The zero-order valence-electron chi connectivity index (χ0n) is 35.3. The van der Waals surface area contributed by atoms with Crippen molar-refractivity contribution in [2.75, 3.05) is 42.1 Å². The minimum Gasteiger partial charge on any atom is -0.379 e. The molecule has 4 fully saturated rings. The van der Waals surface area contributed by atoms with Gasteiger partial charge in [-0.05, 0) is 85.0 Å². The van der Waals surface area contributed by atoms with Gasteiger partial charge in [0.2, 0.25) is 23.6 Å². The van der Waals surface area contributed by atoms with Crippen LogP contribution in [-0.4, -0.2) is 95.1 Å². The number of piperidine rings is 1. The summed E-state index contributed by atoms with van der Waals surface area (Å²) < 4.78 is 16.3. The Balaban J connectivity index is 0.770. The van der Waals surface area contributed by atoms with E-state index in [2.05, 4.69) is 36.8 Å². The number of benzene rings is 4. The maximum Gasteiger partial charge on any atom is 0.255 e. The summed E-state index contributed by atoms with van der Waals surface area (Å²) in [5, 5.41) is 18.9. The summed E-state index contributed by atoms with van der Waals surface area (Å²) >= 11 is 12.8. The van der Waals surface area contributed by atoms with Gasteiger partial charge in [-0.15, -0.1) is 0 Å². The number of imide groups is 1. The zero-order valence-corrected chi connectivity index (χ0v) is 36.8. The summed E-state index contributed by atoms with van der Waals surface area (Å²) in [6.45, 7) is 2.77. The fraction of sp³-hybridized carbons (Fsp3) is 0.375. The molecule has 4 aromatic carbocycles. The highest BCUT2D eigenvalue weighted by Crippen LogP contribution is 2.63. The molecule has 6 aliphatic rings. The molecule has 6 amide bonds. The van der Waals surface area contributed by atoms with E-state index in [0.717, 1.165) is 43.6 Å². The summed E-state index contributed by atoms with van der Waals surface area (Å²) in [7, 11) is 0. The fourth-order valence-corrected chi connectivity index (χ4v) is 11.7. The number of hydrogen-bond acceptors (Lipinski definition) is 9. The summed E-state index contributed by atoms with van der Waals surface area (Å²) in [5.74, 6) is -3.69. The van der Waals surface area contributed by atoms with Crippen LogP contribution in [0.2, 0.25) is 10.0 Å². The smallest absolute Gasteiger partial charge is 0.255 e. The third-order valence-electron chi connectivity index (χ3n) is 14.3. The predicted octanol–water partition coefficient (Wildman–Crippen LogP) is 5.71. The average molecular weight is 922 g/mol. The molecule has 4 atom stereocenters. The topological polar surface area (TPSA) is 181 Å². The van der Waals surface area contributed by atoms with E-state index in [0.29, 0.717) is 65.4 Å². The Labute approximate surface area is 384 Å². The van der Waals surface area contributed by atoms with Crippen LogP contribution in [-0.2, 0) is 31.1 Å². The lowest BCUT2D eigenvalue weighted by Crippen LogP contribution is -2.60. The minimum absolute atomic E-state index is 0.107. The van der Waals surface area contributed by atoms with Gasteiger partial charge in [-0.1, -0.05) is 66.7 Å². The molecule has 4 aromatic rings. The van der Waals surface area contributed by atoms with Gasteiger partial charge in [0, 0.05) is 89.4 Å². The molecule has 0 bridgehead atoms. The highest BCUT2D eigenvalue weighted by molar-refractivity contribution is 6.31. The largest absolute Gasteiger partial charge is 0.379 e. The molecule has 17 heteroatoms. The molecular formula is C48H47Cl2FN8O6. The number of fused-ring (bicyclic) bond motifs is 4. The molecule has 5 heterocycles. The standard InChI is InChI=1S/C48H47Cl2FN8O6/c49-27-12-15-33-36(22-27)55-46(65)48(33)39(31-7-4-8-34(50)40(31)51)41(57-47(48)18-2-1-3-19-47)44(63)54-28-13-10-26(11-14-28)42(61)52-20-21-58-23-29(24-58)53-35-9-5-6-30-32(35)25-59(45(30)64)37-16-17-38(60)56-43(37)62/h4-15,22,29,37,39,41,53,57H,1-3,16-21,23-25H2,(H,52,61)(H,54,63)(H,55,65)(H,56,60,62)/t37?,39-,41?,48+/m0/s1. The summed E-state index contributed by atoms with van der Waals surface area (Å²) in [5.41, 5.74) is 2.19. The number of nitrogens with one attached hydrogen (secondary N) is 6. The van der Waals surface area contributed by atoms with E-state index in [1.54, 1.807) is 59.5 Å². The molecule has 1 aliphatic carbocycles. The van der Waals surface area contributed by atoms with E-state index in [4.69, 9.17) is 23.2 Å². The molecule has 14 nitrogen and oxygen atoms in total. The summed E-state index contributed by atoms with van der Waals surface area (Å²) in [6.07, 6.45) is 4.29. The van der Waals surface area contributed by atoms with E-state index in [9.17, 15) is 28.8 Å². The first-order valence-electron chi connectivity index (χ1n) is 22.1. The number of hydrogen-bond donors (Lipinski definition) is 6. The van der Waals surface area contributed by atoms with E-state index in [1.165, 1.54) is 6.07 Å². The van der Waals surface area contributed by atoms with Crippen LogP contribution in [0.25, 0.3) is 0 Å². The predicted molar refractivity (Wildman–Crippen MR) is 242 cm³/mol. The lowest BCUT2D eigenvalue weighted by atomic mass is 9.55. The molecule has 3 saturated heterocycles. The van der Waals surface area contributed by atoms with Gasteiger partial charge in [0.1, 0.15) is 17.3 Å². The van der Waals surface area contributed by atoms with Gasteiger partial charge in [-0.25, -0.2) is 4.39 Å². The molecule has 5 aliphatic heterocycles. The molecule has 0 radical (unpaired) electrons. The Morgan fingerprint density at radius 2 is 1.66 bits per heavy atom. The Morgan fingerprint density at radius 3 is 2.43 bits per heavy atom. The van der Waals surface area contributed by atoms with Crippen molar-refractivity contribution in [3.63, 3.8) is 0 Å². The lowest BCUT2D eigenvalue weighted by Gasteiger charge is -2.47. The van der Waals surface area contributed by atoms with Gasteiger partial charge in [0.25, 0.3) is 11.8 Å². The summed E-state index contributed by atoms with van der Waals surface area (Å²) in [6, 6.07) is 20.4. The number of halogens is 3. The Bertz CT molecular complexity index is 2650. The van der Waals surface area contributed by atoms with E-state index < -0.39 is 46.6 Å². The average Bonchev–Trinajstić information content (AvgIpc) is 3.87. The number of rotatable bonds is 10. The van der Waals surface area contributed by atoms with Crippen LogP contribution >= 0.6 is 23.2 Å². The van der Waals surface area contributed by atoms with Crippen LogP contribution in [0.15, 0.2) is 78.9 Å². The zero-order chi connectivity index (χ0) is 45.2. The van der Waals surface area contributed by atoms with Crippen LogP contribution in [0.4, 0.5) is 21.5 Å². The van der Waals surface area contributed by atoms with Crippen molar-refractivity contribution < 1.29 is 33.2 Å². The van der Waals surface area contributed by atoms with Crippen molar-refractivity contribution in [3.05, 3.63) is 123 Å². The second kappa shape index (κ2) is 16.8. The first-order valence-corrected chi connectivity index (χ1v) is 22.9. The van der Waals surface area contributed by atoms with Crippen molar-refractivity contribution in [2.45, 2.75) is 86.5 Å². The molecule has 2 unspecified atom stereocenters. The van der Waals surface area contributed by atoms with Gasteiger partial charge < -0.3 is 26.2 Å². The van der Waals surface area contributed by atoms with Crippen LogP contribution in [0.1, 0.15) is 88.3 Å². The number of carbonyl (C=O) groups excluding carboxylic acids is 6. The highest BCUT2D eigenvalue weighted by atomic mass is 35.5. The first-order chi connectivity index (χ1) is 31.4. The fourth-order valence-electron chi connectivity index (χ4n) is 11.4. The lowest BCUT2D eigenvalue weighted by molar-refractivity contribution is -0.137. The molecule has 65 heavy (non-hydrogen) atoms. The number of likely N-dealkylation sites (tertiary alicyclic amines) is 1. The second-order valence-electron chi connectivity index (χ2n) is 18.0. The SMILES string of the molecule is O=C1CCC(N2Cc3c(NC4CN(CCNC(=O)c5ccc(NC(=O)C6NC7(CCCCC7)[C@@]7(C(=O)Nc8cc(Cl)ccc87)[C@H]6c6cccc(Cl)c6F)cc5)C4)cccc3C2=O)C(=O)N1. The van der Waals surface area contributed by atoms with Crippen LogP contribution in [0.3, 0.4) is 0 Å². The van der Waals surface area contributed by atoms with Crippen molar-refractivity contribution >= 4 is 75.7 Å². The van der Waals surface area contributed by atoms with Crippen LogP contribution in [0.5, 0.6) is 0 Å². The quantitative estimate of drug-likeness (QED) is 0.109. The third-order valence-corrected chi connectivity index (χ3v) is 14.9. The molecule has 6 N–H and O–H groups in total. The molecule has 2 spiro atoms. The number of carbonyl (C=O) groups is 6. The van der Waals surface area contributed by atoms with Gasteiger partial charge in [0.05, 0.1) is 17.1 Å². The first kappa shape index (κ1) is 43.0. The maximum absolute atomic E-state index is 16.3. The molecule has 336 valence electrons. The van der Waals surface area contributed by atoms with E-state index in [-0.39, 0.29) is 53.2 Å². The van der Waals surface area contributed by atoms with Crippen molar-refractivity contribution in [2.24, 2.45) is 0 Å². The number of anilines is 3. The van der Waals surface area contributed by atoms with Gasteiger partial charge >= 0.3 is 0 Å². The molecule has 0 aromatic heterocycles. The third kappa shape index (κ3) is 7.32. The van der Waals surface area contributed by atoms with Crippen LogP contribution in [0, 0.1) is 5.82 Å². The molecule has 10 rings (SSSR count). The number of amides is 6. The summed E-state index contributed by atoms with van der Waals surface area (Å²) in [4.78, 5) is 83.5. The van der Waals surface area contributed by atoms with Crippen molar-refractivity contribution in [1.82, 2.24) is 25.8 Å². The highest BCUT2D eigenvalue weighted by Gasteiger charge is 2.72. The number of nitrogens with zero attached hydrogens (tertiary/aromatic N) is 2. The molecular weight excluding hydrogens is 874 g/mol. The monoisotopic (exact) mass is 920 g/mol. The Morgan fingerprint density at radius 1 is 0.892 bits per heavy atom. The Hall–Kier alpha value is -5.87. The molecule has 1 saturated carbocycles. The van der Waals surface area contributed by atoms with E-state index in [1.807, 2.05) is 18.2 Å². The van der Waals surface area contributed by atoms with Crippen molar-refractivity contribution in [3.8, 4) is 0 Å². The second-order valence-corrected chi connectivity index (χ2v) is 18.8. The van der Waals surface area contributed by atoms with Gasteiger partial charge in [-0.2, -0.15) is 0 Å². The van der Waals surface area contributed by atoms with Gasteiger partial charge in [0.15, 0.2) is 0 Å². The Kier molecular flexibility index (Phi) is 11.2. The maximum atomic E-state index is 16.3. The van der Waals surface area contributed by atoms with Crippen molar-refractivity contribution in [1.29, 1.82) is 0 Å².